The second-order valence-corrected chi connectivity index (χ2v) is 16.5. The van der Waals surface area contributed by atoms with Gasteiger partial charge in [0, 0.05) is 44.2 Å². The highest BCUT2D eigenvalue weighted by atomic mass is 31.2. The maximum atomic E-state index is 16.4. The minimum atomic E-state index is -3.41. The van der Waals surface area contributed by atoms with E-state index in [2.05, 4.69) is 116 Å². The maximum absolute atomic E-state index is 16.4. The van der Waals surface area contributed by atoms with Gasteiger partial charge in [-0.2, -0.15) is 0 Å². The van der Waals surface area contributed by atoms with Crippen molar-refractivity contribution in [3.8, 4) is 5.75 Å². The molecule has 0 radical (unpaired) electrons. The molecule has 1 N–H and O–H groups in total. The number of anilines is 3. The van der Waals surface area contributed by atoms with Gasteiger partial charge in [0.1, 0.15) is 5.75 Å². The molecule has 1 fully saturated rings. The van der Waals surface area contributed by atoms with Crippen LogP contribution >= 0.6 is 7.44 Å². The highest BCUT2D eigenvalue weighted by molar-refractivity contribution is 7.68. The Morgan fingerprint density at radius 1 is 0.674 bits per heavy atom. The third-order valence-electron chi connectivity index (χ3n) is 8.45. The second-order valence-electron chi connectivity index (χ2n) is 13.9. The summed E-state index contributed by atoms with van der Waals surface area (Å²) in [4.78, 5) is 2.08. The first-order chi connectivity index (χ1) is 20.2. The number of hydrogen-bond donors (Lipinski definition) is 1. The Bertz CT molecular complexity index is 1520. The molecular formula is C37H46N3O2P. The number of rotatable bonds is 6. The van der Waals surface area contributed by atoms with Gasteiger partial charge >= 0.3 is 0 Å². The molecular weight excluding hydrogens is 549 g/mol. The number of nitrogens with zero attached hydrogens (tertiary/aromatic N) is 3. The molecule has 0 bridgehead atoms. The summed E-state index contributed by atoms with van der Waals surface area (Å²) in [6, 6.07) is 33.0. The van der Waals surface area contributed by atoms with Gasteiger partial charge in [-0.1, -0.05) is 102 Å². The van der Waals surface area contributed by atoms with Crippen molar-refractivity contribution in [2.24, 2.45) is 0 Å². The van der Waals surface area contributed by atoms with E-state index >= 15 is 4.57 Å². The van der Waals surface area contributed by atoms with Gasteiger partial charge in [0.25, 0.3) is 7.44 Å². The fraction of sp³-hybridized carbons (Fsp3) is 0.351. The van der Waals surface area contributed by atoms with Crippen LogP contribution < -0.4 is 14.2 Å². The molecule has 5 rings (SSSR count). The lowest BCUT2D eigenvalue weighted by Gasteiger charge is -2.39. The van der Waals surface area contributed by atoms with Crippen molar-refractivity contribution in [3.63, 3.8) is 0 Å². The lowest BCUT2D eigenvalue weighted by atomic mass is 9.78. The van der Waals surface area contributed by atoms with Crippen LogP contribution in [-0.4, -0.2) is 32.3 Å². The van der Waals surface area contributed by atoms with Crippen LogP contribution in [-0.2, 0) is 15.4 Å². The van der Waals surface area contributed by atoms with Crippen LogP contribution in [0, 0.1) is 0 Å². The van der Waals surface area contributed by atoms with Gasteiger partial charge in [0.2, 0.25) is 0 Å². The van der Waals surface area contributed by atoms with Gasteiger partial charge < -0.3 is 19.3 Å². The highest BCUT2D eigenvalue weighted by Crippen LogP contribution is 2.71. The maximum Gasteiger partial charge on any atom is 0.274 e. The molecule has 4 aromatic rings. The van der Waals surface area contributed by atoms with Crippen molar-refractivity contribution in [3.05, 3.63) is 119 Å². The van der Waals surface area contributed by atoms with Crippen LogP contribution in [0.3, 0.4) is 0 Å². The molecule has 0 spiro atoms. The van der Waals surface area contributed by atoms with E-state index in [1.165, 1.54) is 0 Å². The van der Waals surface area contributed by atoms with Crippen molar-refractivity contribution < 1.29 is 9.67 Å². The van der Waals surface area contributed by atoms with Gasteiger partial charge in [0.15, 0.2) is 0 Å². The van der Waals surface area contributed by atoms with Crippen molar-refractivity contribution in [2.45, 2.75) is 58.0 Å². The first kappa shape index (κ1) is 30.8. The Balaban J connectivity index is 1.86. The van der Waals surface area contributed by atoms with Crippen LogP contribution in [0.4, 0.5) is 17.1 Å². The van der Waals surface area contributed by atoms with Gasteiger partial charge in [-0.05, 0) is 69.5 Å². The van der Waals surface area contributed by atoms with Crippen LogP contribution in [0.2, 0.25) is 0 Å². The average Bonchev–Trinajstić information content (AvgIpc) is 3.31. The standard InChI is InChI=1S/C37H46N3O2P/c1-36(2,3)32-25-28(26-33(34(32)41)37(4,5)6)35(27-19-21-29(22-20-27)38(7)8)43(42)39(30-15-11-9-12-16-30)23-24-40(43)31-17-13-10-14-18-31/h9-22,25-26,35,41H,23-24H2,1-8H3. The molecule has 0 aromatic heterocycles. The molecule has 4 aromatic carbocycles. The summed E-state index contributed by atoms with van der Waals surface area (Å²) in [7, 11) is 0.651. The summed E-state index contributed by atoms with van der Waals surface area (Å²) in [5.41, 5.74) is 5.55. The largest absolute Gasteiger partial charge is 0.507 e. The fourth-order valence-corrected chi connectivity index (χ4v) is 9.76. The van der Waals surface area contributed by atoms with E-state index in [-0.39, 0.29) is 10.8 Å². The Kier molecular flexibility index (Phi) is 8.17. The molecule has 0 aliphatic carbocycles. The SMILES string of the molecule is CN(C)c1ccc(C(c2cc(C(C)(C)C)c(O)c(C(C)(C)C)c2)P2(=O)N(c3ccccc3)CCN2c2ccccc2)cc1. The van der Waals surface area contributed by atoms with Crippen molar-refractivity contribution in [1.29, 1.82) is 0 Å². The van der Waals surface area contributed by atoms with Gasteiger partial charge in [-0.3, -0.25) is 4.57 Å². The molecule has 0 saturated carbocycles. The molecule has 6 heteroatoms. The van der Waals surface area contributed by atoms with Crippen LogP contribution in [0.5, 0.6) is 5.75 Å². The zero-order valence-electron chi connectivity index (χ0n) is 26.9. The molecule has 1 atom stereocenters. The average molecular weight is 596 g/mol. The summed E-state index contributed by atoms with van der Waals surface area (Å²) in [6.07, 6.45) is 0. The molecule has 1 saturated heterocycles. The molecule has 1 unspecified atom stereocenters. The van der Waals surface area contributed by atoms with E-state index in [9.17, 15) is 5.11 Å². The Hall–Kier alpha value is -3.69. The second kappa shape index (κ2) is 11.4. The minimum Gasteiger partial charge on any atom is -0.507 e. The third kappa shape index (κ3) is 5.80. The molecule has 43 heavy (non-hydrogen) atoms. The Morgan fingerprint density at radius 2 is 1.09 bits per heavy atom. The lowest BCUT2D eigenvalue weighted by Crippen LogP contribution is -2.26. The topological polar surface area (TPSA) is 47.0 Å². The number of hydrogen-bond acceptors (Lipinski definition) is 3. The third-order valence-corrected chi connectivity index (χ3v) is 12.0. The van der Waals surface area contributed by atoms with Crippen LogP contribution in [0.25, 0.3) is 0 Å². The molecule has 0 amide bonds. The van der Waals surface area contributed by atoms with Crippen molar-refractivity contribution in [1.82, 2.24) is 0 Å². The summed E-state index contributed by atoms with van der Waals surface area (Å²) in [6.45, 7) is 14.0. The summed E-state index contributed by atoms with van der Waals surface area (Å²) < 4.78 is 20.7. The van der Waals surface area contributed by atoms with E-state index in [0.29, 0.717) is 18.8 Å². The van der Waals surface area contributed by atoms with Gasteiger partial charge in [0.05, 0.1) is 5.66 Å². The van der Waals surface area contributed by atoms with E-state index in [1.807, 2.05) is 50.5 Å². The number of para-hydroxylation sites is 2. The minimum absolute atomic E-state index is 0.318. The summed E-state index contributed by atoms with van der Waals surface area (Å²) in [5, 5.41) is 11.6. The van der Waals surface area contributed by atoms with Crippen LogP contribution in [0.1, 0.15) is 69.5 Å². The van der Waals surface area contributed by atoms with Crippen molar-refractivity contribution >= 4 is 24.5 Å². The summed E-state index contributed by atoms with van der Waals surface area (Å²) >= 11 is 0. The first-order valence-corrected chi connectivity index (χ1v) is 16.8. The number of benzene rings is 4. The fourth-order valence-electron chi connectivity index (χ4n) is 6.17. The van der Waals surface area contributed by atoms with Gasteiger partial charge in [-0.25, -0.2) is 0 Å². The normalized spacial score (nSPS) is 15.9. The monoisotopic (exact) mass is 595 g/mol. The van der Waals surface area contributed by atoms with E-state index in [4.69, 9.17) is 0 Å². The molecule has 5 nitrogen and oxygen atoms in total. The first-order valence-electron chi connectivity index (χ1n) is 15.1. The molecule has 1 aliphatic heterocycles. The van der Waals surface area contributed by atoms with E-state index in [1.54, 1.807) is 0 Å². The molecule has 226 valence electrons. The Labute approximate surface area is 258 Å². The molecule has 1 heterocycles. The zero-order valence-corrected chi connectivity index (χ0v) is 27.8. The molecule has 1 aliphatic rings. The smallest absolute Gasteiger partial charge is 0.274 e. The predicted octanol–water partition coefficient (Wildman–Crippen LogP) is 9.36. The van der Waals surface area contributed by atoms with Gasteiger partial charge in [-0.15, -0.1) is 0 Å². The van der Waals surface area contributed by atoms with E-state index < -0.39 is 13.1 Å². The summed E-state index contributed by atoms with van der Waals surface area (Å²) in [5.74, 6) is 0.329. The van der Waals surface area contributed by atoms with E-state index in [0.717, 1.165) is 39.3 Å². The Morgan fingerprint density at radius 3 is 1.47 bits per heavy atom. The predicted molar refractivity (Wildman–Crippen MR) is 183 cm³/mol. The van der Waals surface area contributed by atoms with Crippen molar-refractivity contribution in [2.75, 3.05) is 41.4 Å². The quantitative estimate of drug-likeness (QED) is 0.225. The number of aromatic hydroxyl groups is 1. The lowest BCUT2D eigenvalue weighted by molar-refractivity contribution is 0.422. The number of phenols is 1. The zero-order chi connectivity index (χ0) is 31.2. The van der Waals surface area contributed by atoms with Crippen LogP contribution in [0.15, 0.2) is 97.1 Å². The number of phenolic OH excluding ortho intramolecular Hbond substituents is 1. The highest BCUT2D eigenvalue weighted by Gasteiger charge is 2.51.